The third kappa shape index (κ3) is 5.35. The highest BCUT2D eigenvalue weighted by Gasteiger charge is 2.38. The van der Waals surface area contributed by atoms with Crippen molar-refractivity contribution in [3.63, 3.8) is 0 Å². The average molecular weight is 480 g/mol. The molecule has 1 amide bonds. The monoisotopic (exact) mass is 479 g/mol. The van der Waals surface area contributed by atoms with Crippen LogP contribution in [0, 0.1) is 23.4 Å². The highest BCUT2D eigenvalue weighted by molar-refractivity contribution is 5.94. The van der Waals surface area contributed by atoms with Gasteiger partial charge < -0.3 is 9.80 Å². The maximum atomic E-state index is 14.0. The van der Waals surface area contributed by atoms with Crippen LogP contribution in [-0.4, -0.2) is 61.5 Å². The molecular weight excluding hydrogens is 451 g/mol. The minimum absolute atomic E-state index is 0.0187. The first-order valence-electron chi connectivity index (χ1n) is 12.0. The number of carbonyl (C=O) groups excluding carboxylic acids is 1. The molecule has 2 aliphatic heterocycles. The van der Waals surface area contributed by atoms with Gasteiger partial charge >= 0.3 is 0 Å². The van der Waals surface area contributed by atoms with E-state index in [1.165, 1.54) is 42.5 Å². The van der Waals surface area contributed by atoms with Gasteiger partial charge in [-0.3, -0.25) is 9.69 Å². The molecule has 7 heteroatoms. The lowest BCUT2D eigenvalue weighted by Gasteiger charge is -2.37. The van der Waals surface area contributed by atoms with Crippen molar-refractivity contribution in [3.8, 4) is 0 Å². The lowest BCUT2D eigenvalue weighted by atomic mass is 9.88. The molecule has 0 aliphatic carbocycles. The Morgan fingerprint density at radius 1 is 0.771 bits per heavy atom. The van der Waals surface area contributed by atoms with Crippen molar-refractivity contribution in [2.24, 2.45) is 5.92 Å². The Bertz CT molecular complexity index is 1160. The quantitative estimate of drug-likeness (QED) is 0.527. The van der Waals surface area contributed by atoms with Gasteiger partial charge in [-0.15, -0.1) is 0 Å². The van der Waals surface area contributed by atoms with Gasteiger partial charge in [-0.25, -0.2) is 13.2 Å². The zero-order chi connectivity index (χ0) is 24.4. The second-order valence-electron chi connectivity index (χ2n) is 9.40. The van der Waals surface area contributed by atoms with Crippen molar-refractivity contribution < 1.29 is 18.0 Å². The topological polar surface area (TPSA) is 26.8 Å². The second-order valence-corrected chi connectivity index (χ2v) is 9.40. The number of rotatable bonds is 5. The molecule has 2 aliphatic rings. The number of carbonyl (C=O) groups is 1. The van der Waals surface area contributed by atoms with Crippen LogP contribution in [0.25, 0.3) is 0 Å². The third-order valence-corrected chi connectivity index (χ3v) is 7.15. The van der Waals surface area contributed by atoms with Gasteiger partial charge in [0.1, 0.15) is 17.5 Å². The van der Waals surface area contributed by atoms with E-state index in [0.29, 0.717) is 18.7 Å². The molecule has 0 radical (unpaired) electrons. The Labute approximate surface area is 203 Å². The van der Waals surface area contributed by atoms with E-state index >= 15 is 0 Å². The summed E-state index contributed by atoms with van der Waals surface area (Å²) in [5.41, 5.74) is 2.37. The van der Waals surface area contributed by atoms with E-state index in [-0.39, 0.29) is 35.2 Å². The fourth-order valence-corrected chi connectivity index (χ4v) is 5.28. The van der Waals surface area contributed by atoms with Crippen LogP contribution in [0.5, 0.6) is 0 Å². The first-order valence-corrected chi connectivity index (χ1v) is 12.0. The van der Waals surface area contributed by atoms with E-state index in [1.54, 1.807) is 24.3 Å². The van der Waals surface area contributed by atoms with Crippen molar-refractivity contribution in [3.05, 3.63) is 101 Å². The van der Waals surface area contributed by atoms with Crippen LogP contribution in [0.15, 0.2) is 72.8 Å². The number of halogens is 3. The fourth-order valence-electron chi connectivity index (χ4n) is 5.28. The number of likely N-dealkylation sites (tertiary alicyclic amines) is 1. The molecule has 3 aromatic rings. The standard InChI is InChI=1S/C28H28F3N3O/c29-23-6-4-20(5-7-23)28(35)34-18-22(27(19-34)21-2-1-3-25(31)16-21)17-32-12-14-33(15-13-32)26-10-8-24(30)9-11-26/h1-11,16,22,27H,12-15,17-19H2. The van der Waals surface area contributed by atoms with Crippen LogP contribution in [0.1, 0.15) is 21.8 Å². The molecule has 0 N–H and O–H groups in total. The SMILES string of the molecule is O=C(c1ccc(F)cc1)N1CC(CN2CCN(c3ccc(F)cc3)CC2)C(c2cccc(F)c2)C1. The molecule has 2 saturated heterocycles. The Hall–Kier alpha value is -3.32. The molecule has 2 fully saturated rings. The second kappa shape index (κ2) is 10.1. The van der Waals surface area contributed by atoms with E-state index in [0.717, 1.165) is 44.0 Å². The molecule has 35 heavy (non-hydrogen) atoms. The fraction of sp³-hybridized carbons (Fsp3) is 0.321. The summed E-state index contributed by atoms with van der Waals surface area (Å²) in [6.45, 7) is 5.24. The molecule has 182 valence electrons. The van der Waals surface area contributed by atoms with Gasteiger partial charge in [0, 0.05) is 63.0 Å². The number of amides is 1. The van der Waals surface area contributed by atoms with Crippen LogP contribution < -0.4 is 4.90 Å². The largest absolute Gasteiger partial charge is 0.369 e. The molecule has 3 aromatic carbocycles. The van der Waals surface area contributed by atoms with Gasteiger partial charge in [-0.05, 0) is 72.1 Å². The summed E-state index contributed by atoms with van der Waals surface area (Å²) < 4.78 is 40.6. The number of hydrogen-bond donors (Lipinski definition) is 0. The number of anilines is 1. The Balaban J connectivity index is 1.28. The van der Waals surface area contributed by atoms with Crippen LogP contribution in [0.4, 0.5) is 18.9 Å². The molecule has 2 heterocycles. The van der Waals surface area contributed by atoms with Gasteiger partial charge in [0.2, 0.25) is 0 Å². The maximum Gasteiger partial charge on any atom is 0.253 e. The first-order chi connectivity index (χ1) is 17.0. The maximum absolute atomic E-state index is 14.0. The molecule has 2 atom stereocenters. The van der Waals surface area contributed by atoms with Gasteiger partial charge in [-0.1, -0.05) is 12.1 Å². The third-order valence-electron chi connectivity index (χ3n) is 7.15. The average Bonchev–Trinajstić information content (AvgIpc) is 3.29. The molecule has 4 nitrogen and oxygen atoms in total. The van der Waals surface area contributed by atoms with Crippen molar-refractivity contribution in [1.82, 2.24) is 9.80 Å². The minimum atomic E-state index is -0.377. The van der Waals surface area contributed by atoms with Crippen molar-refractivity contribution in [1.29, 1.82) is 0 Å². The van der Waals surface area contributed by atoms with Gasteiger partial charge in [0.15, 0.2) is 0 Å². The summed E-state index contributed by atoms with van der Waals surface area (Å²) in [5, 5.41) is 0. The van der Waals surface area contributed by atoms with Gasteiger partial charge in [-0.2, -0.15) is 0 Å². The molecule has 5 rings (SSSR count). The Morgan fingerprint density at radius 3 is 2.09 bits per heavy atom. The number of nitrogens with zero attached hydrogens (tertiary/aromatic N) is 3. The van der Waals surface area contributed by atoms with Crippen molar-refractivity contribution in [2.75, 3.05) is 50.7 Å². The van der Waals surface area contributed by atoms with Crippen LogP contribution in [-0.2, 0) is 0 Å². The van der Waals surface area contributed by atoms with Crippen LogP contribution >= 0.6 is 0 Å². The lowest BCUT2D eigenvalue weighted by Crippen LogP contribution is -2.48. The molecule has 2 unspecified atom stereocenters. The van der Waals surface area contributed by atoms with Crippen molar-refractivity contribution in [2.45, 2.75) is 5.92 Å². The van der Waals surface area contributed by atoms with Crippen molar-refractivity contribution >= 4 is 11.6 Å². The summed E-state index contributed by atoms with van der Waals surface area (Å²) in [7, 11) is 0. The summed E-state index contributed by atoms with van der Waals surface area (Å²) in [5.74, 6) is -0.855. The zero-order valence-corrected chi connectivity index (χ0v) is 19.4. The van der Waals surface area contributed by atoms with E-state index in [1.807, 2.05) is 11.0 Å². The predicted octanol–water partition coefficient (Wildman–Crippen LogP) is 4.78. The Morgan fingerprint density at radius 2 is 1.43 bits per heavy atom. The summed E-state index contributed by atoms with van der Waals surface area (Å²) in [6.07, 6.45) is 0. The van der Waals surface area contributed by atoms with Crippen LogP contribution in [0.3, 0.4) is 0 Å². The summed E-state index contributed by atoms with van der Waals surface area (Å²) in [6, 6.07) is 18.8. The molecule has 0 spiro atoms. The zero-order valence-electron chi connectivity index (χ0n) is 19.4. The van der Waals surface area contributed by atoms with E-state index in [2.05, 4.69) is 9.80 Å². The van der Waals surface area contributed by atoms with E-state index < -0.39 is 0 Å². The Kier molecular flexibility index (Phi) is 6.77. The first kappa shape index (κ1) is 23.4. The number of hydrogen-bond acceptors (Lipinski definition) is 3. The number of benzene rings is 3. The van der Waals surface area contributed by atoms with Gasteiger partial charge in [0.25, 0.3) is 5.91 Å². The van der Waals surface area contributed by atoms with E-state index in [9.17, 15) is 18.0 Å². The highest BCUT2D eigenvalue weighted by Crippen LogP contribution is 2.35. The highest BCUT2D eigenvalue weighted by atomic mass is 19.1. The minimum Gasteiger partial charge on any atom is -0.369 e. The lowest BCUT2D eigenvalue weighted by molar-refractivity contribution is 0.0782. The normalized spacial score (nSPS) is 20.9. The van der Waals surface area contributed by atoms with Crippen LogP contribution in [0.2, 0.25) is 0 Å². The summed E-state index contributed by atoms with van der Waals surface area (Å²) in [4.78, 5) is 19.6. The summed E-state index contributed by atoms with van der Waals surface area (Å²) >= 11 is 0. The molecule has 0 aromatic heterocycles. The molecule has 0 saturated carbocycles. The number of piperazine rings is 1. The van der Waals surface area contributed by atoms with Gasteiger partial charge in [0.05, 0.1) is 0 Å². The van der Waals surface area contributed by atoms with E-state index in [4.69, 9.17) is 0 Å². The molecular formula is C28H28F3N3O. The predicted molar refractivity (Wildman–Crippen MR) is 130 cm³/mol. The smallest absolute Gasteiger partial charge is 0.253 e. The molecule has 0 bridgehead atoms.